The molecule has 0 fully saturated rings. The highest BCUT2D eigenvalue weighted by Gasteiger charge is 2.35. The second-order valence-corrected chi connectivity index (χ2v) is 4.13. The van der Waals surface area contributed by atoms with Crippen LogP contribution in [0.5, 0.6) is 17.2 Å². The van der Waals surface area contributed by atoms with E-state index < -0.39 is 27.0 Å². The first-order chi connectivity index (χ1) is 10.5. The van der Waals surface area contributed by atoms with E-state index in [1.807, 2.05) is 0 Å². The zero-order chi connectivity index (χ0) is 16.7. The SMILES string of the molecule is CCCOc1c([N+](=O)[O-])cc(OCC)c(OCC)c1[N+](=O)[O-]. The van der Waals surface area contributed by atoms with Gasteiger partial charge in [-0.25, -0.2) is 0 Å². The molecule has 0 aliphatic heterocycles. The second-order valence-electron chi connectivity index (χ2n) is 4.13. The van der Waals surface area contributed by atoms with Gasteiger partial charge in [-0.15, -0.1) is 0 Å². The summed E-state index contributed by atoms with van der Waals surface area (Å²) in [4.78, 5) is 21.1. The molecule has 9 heteroatoms. The van der Waals surface area contributed by atoms with Gasteiger partial charge in [-0.1, -0.05) is 6.92 Å². The average molecular weight is 314 g/mol. The molecule has 22 heavy (non-hydrogen) atoms. The number of nitrogens with zero attached hydrogens (tertiary/aromatic N) is 2. The van der Waals surface area contributed by atoms with E-state index in [0.29, 0.717) is 6.42 Å². The molecule has 122 valence electrons. The van der Waals surface area contributed by atoms with Crippen molar-refractivity contribution >= 4 is 11.4 Å². The molecule has 0 amide bonds. The summed E-state index contributed by atoms with van der Waals surface area (Å²) in [6.07, 6.45) is 0.547. The fourth-order valence-corrected chi connectivity index (χ4v) is 1.79. The topological polar surface area (TPSA) is 114 Å². The molecule has 0 unspecified atom stereocenters. The maximum absolute atomic E-state index is 11.4. The molecule has 0 heterocycles. The van der Waals surface area contributed by atoms with Gasteiger partial charge >= 0.3 is 11.4 Å². The third-order valence-corrected chi connectivity index (χ3v) is 2.57. The summed E-state index contributed by atoms with van der Waals surface area (Å²) in [5.41, 5.74) is -1.11. The van der Waals surface area contributed by atoms with Gasteiger partial charge in [0.05, 0.1) is 35.7 Å². The predicted molar refractivity (Wildman–Crippen MR) is 77.9 cm³/mol. The number of benzene rings is 1. The molecule has 0 radical (unpaired) electrons. The van der Waals surface area contributed by atoms with E-state index in [1.165, 1.54) is 0 Å². The lowest BCUT2D eigenvalue weighted by molar-refractivity contribution is -0.396. The van der Waals surface area contributed by atoms with E-state index in [9.17, 15) is 20.2 Å². The molecule has 1 rings (SSSR count). The van der Waals surface area contributed by atoms with Crippen molar-refractivity contribution in [3.8, 4) is 17.2 Å². The maximum Gasteiger partial charge on any atom is 0.363 e. The first-order valence-corrected chi connectivity index (χ1v) is 6.85. The molecule has 1 aromatic carbocycles. The number of hydrogen-bond donors (Lipinski definition) is 0. The Labute approximate surface area is 127 Å². The number of rotatable bonds is 9. The minimum atomic E-state index is -0.758. The van der Waals surface area contributed by atoms with Crippen LogP contribution in [0.15, 0.2) is 6.07 Å². The predicted octanol–water partition coefficient (Wildman–Crippen LogP) is 3.09. The minimum Gasteiger partial charge on any atom is -0.489 e. The van der Waals surface area contributed by atoms with Crippen LogP contribution in [0.1, 0.15) is 27.2 Å². The molecular weight excluding hydrogens is 296 g/mol. The molecule has 0 saturated heterocycles. The van der Waals surface area contributed by atoms with E-state index >= 15 is 0 Å². The van der Waals surface area contributed by atoms with Crippen molar-refractivity contribution < 1.29 is 24.1 Å². The first kappa shape index (κ1) is 17.5. The molecule has 9 nitrogen and oxygen atoms in total. The third-order valence-electron chi connectivity index (χ3n) is 2.57. The lowest BCUT2D eigenvalue weighted by Gasteiger charge is -2.14. The quantitative estimate of drug-likeness (QED) is 0.508. The minimum absolute atomic E-state index is 0.0494. The highest BCUT2D eigenvalue weighted by Crippen LogP contribution is 2.49. The summed E-state index contributed by atoms with van der Waals surface area (Å²) in [6, 6.07) is 1.09. The summed E-state index contributed by atoms with van der Waals surface area (Å²) in [7, 11) is 0. The highest BCUT2D eigenvalue weighted by atomic mass is 16.6. The Balaban J connectivity index is 3.64. The summed E-state index contributed by atoms with van der Waals surface area (Å²) >= 11 is 0. The van der Waals surface area contributed by atoms with E-state index in [0.717, 1.165) is 6.07 Å². The van der Waals surface area contributed by atoms with Crippen molar-refractivity contribution in [2.45, 2.75) is 27.2 Å². The third kappa shape index (κ3) is 3.74. The molecule has 0 saturated carbocycles. The fourth-order valence-electron chi connectivity index (χ4n) is 1.79. The summed E-state index contributed by atoms with van der Waals surface area (Å²) in [5, 5.41) is 22.6. The molecule has 1 aromatic rings. The zero-order valence-corrected chi connectivity index (χ0v) is 12.7. The Bertz CT molecular complexity index is 560. The lowest BCUT2D eigenvalue weighted by atomic mass is 10.2. The summed E-state index contributed by atoms with van der Waals surface area (Å²) < 4.78 is 15.8. The smallest absolute Gasteiger partial charge is 0.363 e. The first-order valence-electron chi connectivity index (χ1n) is 6.85. The van der Waals surface area contributed by atoms with Gasteiger partial charge in [0.2, 0.25) is 5.75 Å². The zero-order valence-electron chi connectivity index (χ0n) is 12.7. The van der Waals surface area contributed by atoms with E-state index in [2.05, 4.69) is 0 Å². The Morgan fingerprint density at radius 1 is 0.955 bits per heavy atom. The lowest BCUT2D eigenvalue weighted by Crippen LogP contribution is -2.08. The fraction of sp³-hybridized carbons (Fsp3) is 0.538. The van der Waals surface area contributed by atoms with Crippen molar-refractivity contribution in [1.29, 1.82) is 0 Å². The van der Waals surface area contributed by atoms with Crippen molar-refractivity contribution in [3.63, 3.8) is 0 Å². The van der Waals surface area contributed by atoms with Gasteiger partial charge in [-0.3, -0.25) is 20.2 Å². The monoisotopic (exact) mass is 314 g/mol. The normalized spacial score (nSPS) is 10.1. The van der Waals surface area contributed by atoms with Crippen LogP contribution >= 0.6 is 0 Å². The van der Waals surface area contributed by atoms with Gasteiger partial charge in [0.1, 0.15) is 0 Å². The Kier molecular flexibility index (Phi) is 6.36. The van der Waals surface area contributed by atoms with Gasteiger partial charge in [-0.05, 0) is 20.3 Å². The van der Waals surface area contributed by atoms with Crippen molar-refractivity contribution in [2.24, 2.45) is 0 Å². The average Bonchev–Trinajstić information content (AvgIpc) is 2.46. The van der Waals surface area contributed by atoms with Gasteiger partial charge in [0, 0.05) is 0 Å². The second kappa shape index (κ2) is 8.01. The molecule has 0 aliphatic rings. The van der Waals surface area contributed by atoms with Crippen LogP contribution in [0, 0.1) is 20.2 Å². The number of nitro benzene ring substituents is 2. The summed E-state index contributed by atoms with van der Waals surface area (Å²) in [6.45, 7) is 5.54. The van der Waals surface area contributed by atoms with Gasteiger partial charge in [0.25, 0.3) is 5.75 Å². The summed E-state index contributed by atoms with van der Waals surface area (Å²) in [5.74, 6) is -0.624. The number of hydrogen-bond acceptors (Lipinski definition) is 7. The van der Waals surface area contributed by atoms with Crippen LogP contribution < -0.4 is 14.2 Å². The van der Waals surface area contributed by atoms with Crippen LogP contribution in [0.4, 0.5) is 11.4 Å². The number of nitro groups is 2. The van der Waals surface area contributed by atoms with E-state index in [-0.39, 0.29) is 31.3 Å². The van der Waals surface area contributed by atoms with Crippen LogP contribution in [-0.2, 0) is 0 Å². The molecule has 0 N–H and O–H groups in total. The molecule has 0 atom stereocenters. The molecule has 0 aliphatic carbocycles. The van der Waals surface area contributed by atoms with Gasteiger partial charge < -0.3 is 14.2 Å². The molecule has 0 aromatic heterocycles. The van der Waals surface area contributed by atoms with Crippen LogP contribution in [0.2, 0.25) is 0 Å². The largest absolute Gasteiger partial charge is 0.489 e. The maximum atomic E-state index is 11.4. The van der Waals surface area contributed by atoms with Crippen molar-refractivity contribution in [3.05, 3.63) is 26.3 Å². The van der Waals surface area contributed by atoms with Gasteiger partial charge in [0.15, 0.2) is 5.75 Å². The Morgan fingerprint density at radius 3 is 2.05 bits per heavy atom. The van der Waals surface area contributed by atoms with Gasteiger partial charge in [-0.2, -0.15) is 0 Å². The standard InChI is InChI=1S/C13H18N2O7/c1-4-7-22-12-9(14(16)17)8-10(20-5-2)13(21-6-3)11(12)15(18)19/h8H,4-7H2,1-3H3. The Hall–Kier alpha value is -2.58. The Morgan fingerprint density at radius 2 is 1.59 bits per heavy atom. The highest BCUT2D eigenvalue weighted by molar-refractivity contribution is 5.72. The van der Waals surface area contributed by atoms with E-state index in [1.54, 1.807) is 20.8 Å². The van der Waals surface area contributed by atoms with Crippen molar-refractivity contribution in [1.82, 2.24) is 0 Å². The van der Waals surface area contributed by atoms with Crippen LogP contribution in [0.3, 0.4) is 0 Å². The van der Waals surface area contributed by atoms with E-state index in [4.69, 9.17) is 14.2 Å². The van der Waals surface area contributed by atoms with Crippen LogP contribution in [-0.4, -0.2) is 29.7 Å². The molecule has 0 spiro atoms. The molecular formula is C13H18N2O7. The number of ether oxygens (including phenoxy) is 3. The molecule has 0 bridgehead atoms. The van der Waals surface area contributed by atoms with Crippen LogP contribution in [0.25, 0.3) is 0 Å². The van der Waals surface area contributed by atoms with Crippen molar-refractivity contribution in [2.75, 3.05) is 19.8 Å².